The maximum atomic E-state index is 12.3. The fourth-order valence-corrected chi connectivity index (χ4v) is 2.59. The normalized spacial score (nSPS) is 15.4. The van der Waals surface area contributed by atoms with E-state index < -0.39 is 0 Å². The molecule has 1 atom stereocenters. The van der Waals surface area contributed by atoms with Gasteiger partial charge in [-0.25, -0.2) is 0 Å². The second-order valence-electron chi connectivity index (χ2n) is 4.61. The molecule has 0 saturated heterocycles. The quantitative estimate of drug-likeness (QED) is 0.794. The number of rotatable bonds is 2. The van der Waals surface area contributed by atoms with Crippen LogP contribution in [0.5, 0.6) is 0 Å². The van der Waals surface area contributed by atoms with E-state index in [0.717, 1.165) is 10.0 Å². The number of carbonyl (C=O) groups excluding carboxylic acids is 2. The van der Waals surface area contributed by atoms with Crippen molar-refractivity contribution in [3.63, 3.8) is 0 Å². The molecule has 100 valence electrons. The molecule has 0 N–H and O–H groups in total. The molecule has 0 saturated carbocycles. The third kappa shape index (κ3) is 1.94. The van der Waals surface area contributed by atoms with Crippen LogP contribution in [0.4, 0.5) is 0 Å². The maximum absolute atomic E-state index is 12.3. The molecule has 2 aromatic rings. The van der Waals surface area contributed by atoms with E-state index in [1.807, 2.05) is 31.2 Å². The molecular weight excluding hydrogens is 320 g/mol. The highest BCUT2D eigenvalue weighted by Gasteiger charge is 2.39. The highest BCUT2D eigenvalue weighted by atomic mass is 79.9. The van der Waals surface area contributed by atoms with Crippen molar-refractivity contribution >= 4 is 27.7 Å². The monoisotopic (exact) mass is 330 g/mol. The Kier molecular flexibility index (Phi) is 3.14. The van der Waals surface area contributed by atoms with Gasteiger partial charge in [0.05, 0.1) is 11.6 Å². The minimum atomic E-state index is -0.332. The molecule has 0 bridgehead atoms. The topological polar surface area (TPSA) is 50.3 Å². The average molecular weight is 331 g/mol. The summed E-state index contributed by atoms with van der Waals surface area (Å²) in [5.41, 5.74) is 1.52. The number of pyridine rings is 1. The van der Waals surface area contributed by atoms with Gasteiger partial charge in [0.1, 0.15) is 5.69 Å². The highest BCUT2D eigenvalue weighted by molar-refractivity contribution is 9.10. The Hall–Kier alpha value is -2.01. The van der Waals surface area contributed by atoms with E-state index in [2.05, 4.69) is 20.9 Å². The number of hydrogen-bond acceptors (Lipinski definition) is 3. The molecule has 1 aromatic carbocycles. The van der Waals surface area contributed by atoms with Gasteiger partial charge in [-0.3, -0.25) is 19.5 Å². The lowest BCUT2D eigenvalue weighted by atomic mass is 10.1. The fourth-order valence-electron chi connectivity index (χ4n) is 2.33. The molecule has 0 spiro atoms. The lowest BCUT2D eigenvalue weighted by Gasteiger charge is -2.22. The zero-order chi connectivity index (χ0) is 14.3. The predicted molar refractivity (Wildman–Crippen MR) is 77.3 cm³/mol. The van der Waals surface area contributed by atoms with Crippen molar-refractivity contribution in [1.29, 1.82) is 0 Å². The van der Waals surface area contributed by atoms with Gasteiger partial charge in [0.25, 0.3) is 11.8 Å². The van der Waals surface area contributed by atoms with E-state index in [9.17, 15) is 9.59 Å². The number of imide groups is 1. The van der Waals surface area contributed by atoms with Gasteiger partial charge in [-0.15, -0.1) is 0 Å². The molecule has 4 nitrogen and oxygen atoms in total. The van der Waals surface area contributed by atoms with E-state index in [1.54, 1.807) is 12.1 Å². The molecule has 1 aromatic heterocycles. The van der Waals surface area contributed by atoms with Gasteiger partial charge in [-0.1, -0.05) is 28.1 Å². The van der Waals surface area contributed by atoms with Gasteiger partial charge in [-0.2, -0.15) is 0 Å². The van der Waals surface area contributed by atoms with Crippen molar-refractivity contribution in [2.75, 3.05) is 0 Å². The number of hydrogen-bond donors (Lipinski definition) is 0. The third-order valence-electron chi connectivity index (χ3n) is 3.42. The van der Waals surface area contributed by atoms with Crippen LogP contribution in [-0.2, 0) is 0 Å². The molecule has 1 aliphatic heterocycles. The van der Waals surface area contributed by atoms with Crippen LogP contribution in [0.1, 0.15) is 39.4 Å². The number of nitrogens with zero attached hydrogens (tertiary/aromatic N) is 2. The predicted octanol–water partition coefficient (Wildman–Crippen LogP) is 3.20. The zero-order valence-corrected chi connectivity index (χ0v) is 12.3. The molecule has 5 heteroatoms. The summed E-state index contributed by atoms with van der Waals surface area (Å²) >= 11 is 3.37. The van der Waals surface area contributed by atoms with Crippen molar-refractivity contribution in [3.8, 4) is 0 Å². The zero-order valence-electron chi connectivity index (χ0n) is 10.7. The van der Waals surface area contributed by atoms with Crippen molar-refractivity contribution < 1.29 is 9.59 Å². The van der Waals surface area contributed by atoms with Crippen LogP contribution in [0, 0.1) is 0 Å². The Labute approximate surface area is 124 Å². The Morgan fingerprint density at radius 1 is 1.10 bits per heavy atom. The maximum Gasteiger partial charge on any atom is 0.280 e. The minimum absolute atomic E-state index is 0.237. The summed E-state index contributed by atoms with van der Waals surface area (Å²) in [5, 5.41) is 0. The molecule has 2 heterocycles. The van der Waals surface area contributed by atoms with Gasteiger partial charge in [0.15, 0.2) is 0 Å². The summed E-state index contributed by atoms with van der Waals surface area (Å²) in [4.78, 5) is 29.9. The summed E-state index contributed by atoms with van der Waals surface area (Å²) in [6.07, 6.45) is 1.53. The fraction of sp³-hybridized carbons (Fsp3) is 0.133. The van der Waals surface area contributed by atoms with Crippen LogP contribution in [0.2, 0.25) is 0 Å². The SMILES string of the molecule is CC(c1ccc(Br)cc1)N1C(=O)c2cccnc2C1=O. The first-order valence-corrected chi connectivity index (χ1v) is 6.97. The van der Waals surface area contributed by atoms with Crippen LogP contribution in [-0.4, -0.2) is 21.7 Å². The molecule has 20 heavy (non-hydrogen) atoms. The lowest BCUT2D eigenvalue weighted by molar-refractivity contribution is 0.0593. The van der Waals surface area contributed by atoms with Gasteiger partial charge in [0.2, 0.25) is 0 Å². The molecule has 3 rings (SSSR count). The number of carbonyl (C=O) groups is 2. The summed E-state index contributed by atoms with van der Waals surface area (Å²) in [6, 6.07) is 10.5. The summed E-state index contributed by atoms with van der Waals surface area (Å²) in [7, 11) is 0. The first-order chi connectivity index (χ1) is 9.59. The van der Waals surface area contributed by atoms with Gasteiger partial charge in [0, 0.05) is 10.7 Å². The standard InChI is InChI=1S/C15H11BrN2O2/c1-9(10-4-6-11(16)7-5-10)18-14(19)12-3-2-8-17-13(12)15(18)20/h2-9H,1H3. The number of benzene rings is 1. The van der Waals surface area contributed by atoms with Gasteiger partial charge in [-0.05, 0) is 36.8 Å². The van der Waals surface area contributed by atoms with E-state index in [-0.39, 0.29) is 23.6 Å². The van der Waals surface area contributed by atoms with Gasteiger partial charge < -0.3 is 0 Å². The molecule has 1 aliphatic rings. The van der Waals surface area contributed by atoms with Crippen LogP contribution in [0.25, 0.3) is 0 Å². The second kappa shape index (κ2) is 4.83. The second-order valence-corrected chi connectivity index (χ2v) is 5.52. The van der Waals surface area contributed by atoms with E-state index >= 15 is 0 Å². The van der Waals surface area contributed by atoms with Crippen molar-refractivity contribution in [3.05, 3.63) is 63.9 Å². The number of fused-ring (bicyclic) bond motifs is 1. The van der Waals surface area contributed by atoms with Crippen LogP contribution >= 0.6 is 15.9 Å². The Morgan fingerprint density at radius 3 is 2.45 bits per heavy atom. The Morgan fingerprint density at radius 2 is 1.80 bits per heavy atom. The largest absolute Gasteiger partial charge is 0.280 e. The molecule has 0 radical (unpaired) electrons. The van der Waals surface area contributed by atoms with Crippen molar-refractivity contribution in [2.45, 2.75) is 13.0 Å². The van der Waals surface area contributed by atoms with Crippen molar-refractivity contribution in [1.82, 2.24) is 9.88 Å². The molecule has 0 fully saturated rings. The minimum Gasteiger partial charge on any atom is -0.268 e. The molecule has 2 amide bonds. The summed E-state index contributed by atoms with van der Waals surface area (Å²) in [6.45, 7) is 1.84. The van der Waals surface area contributed by atoms with E-state index in [0.29, 0.717) is 5.56 Å². The highest BCUT2D eigenvalue weighted by Crippen LogP contribution is 2.30. The van der Waals surface area contributed by atoms with Gasteiger partial charge >= 0.3 is 0 Å². The van der Waals surface area contributed by atoms with Crippen LogP contribution in [0.15, 0.2) is 47.1 Å². The first-order valence-electron chi connectivity index (χ1n) is 6.18. The molecule has 1 unspecified atom stereocenters. The Balaban J connectivity index is 1.98. The average Bonchev–Trinajstić information content (AvgIpc) is 2.72. The van der Waals surface area contributed by atoms with Crippen LogP contribution in [0.3, 0.4) is 0 Å². The lowest BCUT2D eigenvalue weighted by Crippen LogP contribution is -2.32. The van der Waals surface area contributed by atoms with Crippen molar-refractivity contribution in [2.24, 2.45) is 0 Å². The smallest absolute Gasteiger partial charge is 0.268 e. The van der Waals surface area contributed by atoms with Crippen LogP contribution < -0.4 is 0 Å². The van der Waals surface area contributed by atoms with E-state index in [4.69, 9.17) is 0 Å². The summed E-state index contributed by atoms with van der Waals surface area (Å²) in [5.74, 6) is -0.616. The first kappa shape index (κ1) is 13.0. The Bertz CT molecular complexity index is 662. The number of amides is 2. The number of aromatic nitrogens is 1. The summed E-state index contributed by atoms with van der Waals surface area (Å²) < 4.78 is 0.956. The molecular formula is C15H11BrN2O2. The van der Waals surface area contributed by atoms with E-state index in [1.165, 1.54) is 11.1 Å². The third-order valence-corrected chi connectivity index (χ3v) is 3.95. The number of halogens is 1. The molecule has 0 aliphatic carbocycles.